The Morgan fingerprint density at radius 2 is 2.00 bits per heavy atom. The highest BCUT2D eigenvalue weighted by atomic mass is 35.5. The first kappa shape index (κ1) is 27.3. The number of hydrogen-bond acceptors (Lipinski definition) is 9. The van der Waals surface area contributed by atoms with E-state index in [1.165, 1.54) is 6.07 Å². The summed E-state index contributed by atoms with van der Waals surface area (Å²) >= 11 is 6.58. The SMILES string of the molecule is CC1(O)CN2CCC[C@@]2(COc2nc(N3CC4CCC(C3)N4)c3cnc(-c4cc(O)cc5cccc(Cl)c45)c(F)c3n2)C1. The molecule has 9 nitrogen and oxygen atoms in total. The van der Waals surface area contributed by atoms with Crippen molar-refractivity contribution in [3.63, 3.8) is 0 Å². The Morgan fingerprint density at radius 1 is 1.19 bits per heavy atom. The van der Waals surface area contributed by atoms with Crippen molar-refractivity contribution in [2.75, 3.05) is 37.7 Å². The average Bonchev–Trinajstić information content (AvgIpc) is 3.59. The molecule has 0 saturated carbocycles. The number of phenolic OH excluding ortho intramolecular Hbond substituents is 1. The number of nitrogens with one attached hydrogen (secondary N) is 1. The van der Waals surface area contributed by atoms with Crippen molar-refractivity contribution < 1.29 is 19.3 Å². The third kappa shape index (κ3) is 4.58. The predicted octanol–water partition coefficient (Wildman–Crippen LogP) is 4.65. The van der Waals surface area contributed by atoms with E-state index in [4.69, 9.17) is 21.3 Å². The normalized spacial score (nSPS) is 28.7. The molecule has 4 atom stereocenters. The van der Waals surface area contributed by atoms with Gasteiger partial charge in [-0.3, -0.25) is 9.88 Å². The molecule has 2 bridgehead atoms. The Labute approximate surface area is 253 Å². The number of aromatic hydroxyl groups is 1. The zero-order valence-corrected chi connectivity index (χ0v) is 24.7. The summed E-state index contributed by atoms with van der Waals surface area (Å²) in [4.78, 5) is 18.6. The van der Waals surface area contributed by atoms with E-state index >= 15 is 4.39 Å². The molecule has 0 aliphatic carbocycles. The molecule has 6 heterocycles. The second-order valence-electron chi connectivity index (χ2n) is 13.1. The van der Waals surface area contributed by atoms with E-state index in [0.717, 1.165) is 45.3 Å². The smallest absolute Gasteiger partial charge is 0.319 e. The number of aliphatic hydroxyl groups is 1. The van der Waals surface area contributed by atoms with Crippen LogP contribution in [0.4, 0.5) is 10.2 Å². The van der Waals surface area contributed by atoms with Gasteiger partial charge in [-0.2, -0.15) is 9.97 Å². The van der Waals surface area contributed by atoms with E-state index in [2.05, 4.69) is 25.1 Å². The van der Waals surface area contributed by atoms with E-state index in [0.29, 0.717) is 64.2 Å². The molecule has 2 aromatic heterocycles. The van der Waals surface area contributed by atoms with Crippen LogP contribution in [0.25, 0.3) is 32.9 Å². The molecule has 0 amide bonds. The van der Waals surface area contributed by atoms with Crippen LogP contribution in [-0.2, 0) is 0 Å². The van der Waals surface area contributed by atoms with Crippen molar-refractivity contribution in [2.45, 2.75) is 62.3 Å². The summed E-state index contributed by atoms with van der Waals surface area (Å²) in [6.45, 7) is 5.20. The Bertz CT molecular complexity index is 1760. The number of nitrogens with zero attached hydrogens (tertiary/aromatic N) is 5. The van der Waals surface area contributed by atoms with E-state index < -0.39 is 11.4 Å². The quantitative estimate of drug-likeness (QED) is 0.300. The van der Waals surface area contributed by atoms with Crippen molar-refractivity contribution in [3.8, 4) is 23.0 Å². The molecule has 0 spiro atoms. The summed E-state index contributed by atoms with van der Waals surface area (Å²) in [6.07, 6.45) is 6.36. The maximum atomic E-state index is 16.7. The molecule has 2 aromatic carbocycles. The largest absolute Gasteiger partial charge is 0.508 e. The molecular weight excluding hydrogens is 571 g/mol. The molecule has 4 aromatic rings. The Kier molecular flexibility index (Phi) is 6.24. The minimum absolute atomic E-state index is 0.0115. The van der Waals surface area contributed by atoms with Crippen molar-refractivity contribution in [2.24, 2.45) is 0 Å². The van der Waals surface area contributed by atoms with Gasteiger partial charge < -0.3 is 25.2 Å². The number of halogens is 2. The lowest BCUT2D eigenvalue weighted by Gasteiger charge is -2.34. The van der Waals surface area contributed by atoms with Crippen molar-refractivity contribution in [3.05, 3.63) is 47.4 Å². The number of β-amino-alcohol motifs (C(OH)–C–C–N with tert-alkyl or cyclic N) is 1. The first-order valence-corrected chi connectivity index (χ1v) is 15.4. The monoisotopic (exact) mass is 604 g/mol. The Morgan fingerprint density at radius 3 is 2.81 bits per heavy atom. The van der Waals surface area contributed by atoms with Gasteiger partial charge in [0.05, 0.1) is 16.5 Å². The minimum atomic E-state index is -0.781. The Balaban J connectivity index is 1.25. The van der Waals surface area contributed by atoms with Crippen LogP contribution in [0.3, 0.4) is 0 Å². The fraction of sp³-hybridized carbons (Fsp3) is 0.469. The molecule has 4 aliphatic heterocycles. The lowest BCUT2D eigenvalue weighted by molar-refractivity contribution is 0.0643. The second kappa shape index (κ2) is 9.85. The fourth-order valence-electron chi connectivity index (χ4n) is 8.07. The molecule has 4 saturated heterocycles. The van der Waals surface area contributed by atoms with Gasteiger partial charge in [0.1, 0.15) is 29.4 Å². The van der Waals surface area contributed by atoms with Crippen LogP contribution in [0.1, 0.15) is 39.0 Å². The number of benzene rings is 2. The number of ether oxygens (including phenoxy) is 1. The van der Waals surface area contributed by atoms with Crippen LogP contribution in [0, 0.1) is 5.82 Å². The highest BCUT2D eigenvalue weighted by Gasteiger charge is 2.53. The summed E-state index contributed by atoms with van der Waals surface area (Å²) in [5.41, 5.74) is -0.535. The molecule has 3 unspecified atom stereocenters. The minimum Gasteiger partial charge on any atom is -0.508 e. The maximum Gasteiger partial charge on any atom is 0.319 e. The average molecular weight is 605 g/mol. The third-order valence-electron chi connectivity index (χ3n) is 9.78. The van der Waals surface area contributed by atoms with Crippen LogP contribution in [0.2, 0.25) is 5.02 Å². The lowest BCUT2D eigenvalue weighted by atomic mass is 9.89. The van der Waals surface area contributed by atoms with Crippen LogP contribution in [-0.4, -0.2) is 86.1 Å². The molecule has 0 radical (unpaired) electrons. The summed E-state index contributed by atoms with van der Waals surface area (Å²) < 4.78 is 23.0. The zero-order valence-electron chi connectivity index (χ0n) is 24.0. The number of anilines is 1. The highest BCUT2D eigenvalue weighted by molar-refractivity contribution is 6.36. The number of hydrogen-bond donors (Lipinski definition) is 3. The van der Waals surface area contributed by atoms with E-state index in [9.17, 15) is 10.2 Å². The predicted molar refractivity (Wildman–Crippen MR) is 163 cm³/mol. The number of phenols is 1. The van der Waals surface area contributed by atoms with Gasteiger partial charge in [0, 0.05) is 53.9 Å². The van der Waals surface area contributed by atoms with Gasteiger partial charge in [-0.15, -0.1) is 0 Å². The van der Waals surface area contributed by atoms with E-state index in [1.807, 2.05) is 13.0 Å². The molecule has 4 fully saturated rings. The fourth-order valence-corrected chi connectivity index (χ4v) is 8.35. The molecule has 8 rings (SSSR count). The molecule has 3 N–H and O–H groups in total. The van der Waals surface area contributed by atoms with Gasteiger partial charge in [-0.1, -0.05) is 23.7 Å². The lowest BCUT2D eigenvalue weighted by Crippen LogP contribution is -2.51. The summed E-state index contributed by atoms with van der Waals surface area (Å²) in [5.74, 6) is -0.0303. The van der Waals surface area contributed by atoms with E-state index in [1.54, 1.807) is 24.4 Å². The number of rotatable bonds is 5. The second-order valence-corrected chi connectivity index (χ2v) is 13.5. The first-order chi connectivity index (χ1) is 20.7. The van der Waals surface area contributed by atoms with E-state index in [-0.39, 0.29) is 28.5 Å². The van der Waals surface area contributed by atoms with Gasteiger partial charge in [-0.05, 0) is 69.2 Å². The number of aromatic nitrogens is 3. The molecule has 4 aliphatic rings. The van der Waals surface area contributed by atoms with Crippen LogP contribution < -0.4 is 15.0 Å². The summed E-state index contributed by atoms with van der Waals surface area (Å²) in [7, 11) is 0. The van der Waals surface area contributed by atoms with Gasteiger partial charge in [0.2, 0.25) is 0 Å². The van der Waals surface area contributed by atoms with Crippen molar-refractivity contribution in [1.29, 1.82) is 0 Å². The molecule has 224 valence electrons. The third-order valence-corrected chi connectivity index (χ3v) is 10.1. The molecular formula is C32H34ClFN6O3. The van der Waals surface area contributed by atoms with Crippen molar-refractivity contribution >= 4 is 39.1 Å². The summed E-state index contributed by atoms with van der Waals surface area (Å²) in [6, 6.07) is 9.22. The van der Waals surface area contributed by atoms with Gasteiger partial charge in [0.25, 0.3) is 0 Å². The summed E-state index contributed by atoms with van der Waals surface area (Å²) in [5, 5.41) is 27.2. The van der Waals surface area contributed by atoms with Gasteiger partial charge in [-0.25, -0.2) is 4.39 Å². The maximum absolute atomic E-state index is 16.7. The van der Waals surface area contributed by atoms with Gasteiger partial charge in [0.15, 0.2) is 5.82 Å². The number of pyridine rings is 1. The molecule has 11 heteroatoms. The highest BCUT2D eigenvalue weighted by Crippen LogP contribution is 2.44. The zero-order chi connectivity index (χ0) is 29.5. The standard InChI is InChI=1S/C32H34ClFN6O3/c1-31(42)15-32(8-3-9-40(32)16-31)17-43-30-37-28-23(29(38-30)39-13-19-6-7-20(14-39)36-19)12-35-27(26(28)34)22-11-21(41)10-18-4-2-5-24(33)25(18)22/h2,4-5,10-12,19-20,36,41-42H,3,6-9,13-17H2,1H3/t19?,20?,31?,32-/m0/s1. The molecule has 43 heavy (non-hydrogen) atoms. The van der Waals surface area contributed by atoms with Crippen LogP contribution in [0.5, 0.6) is 11.8 Å². The van der Waals surface area contributed by atoms with Crippen LogP contribution >= 0.6 is 11.6 Å². The van der Waals surface area contributed by atoms with Crippen LogP contribution in [0.15, 0.2) is 36.5 Å². The van der Waals surface area contributed by atoms with Gasteiger partial charge >= 0.3 is 6.01 Å². The topological polar surface area (TPSA) is 107 Å². The number of piperazine rings is 1. The Hall–Kier alpha value is -3.31. The van der Waals surface area contributed by atoms with Crippen molar-refractivity contribution in [1.82, 2.24) is 25.2 Å². The first-order valence-electron chi connectivity index (χ1n) is 15.1. The number of fused-ring (bicyclic) bond motifs is 5.